The Balaban J connectivity index is 3.95. The molecule has 0 aromatic heterocycles. The van der Waals surface area contributed by atoms with Crippen molar-refractivity contribution >= 4 is 11.9 Å². The lowest BCUT2D eigenvalue weighted by Crippen LogP contribution is -2.42. The minimum absolute atomic E-state index is 0.0464. The van der Waals surface area contributed by atoms with Crippen LogP contribution in [-0.4, -0.2) is 61.3 Å². The SMILES string of the molecule is CCN(CC(=O)NCCCOC)C(C)CC(=O)O. The van der Waals surface area contributed by atoms with Crippen LogP contribution >= 0.6 is 0 Å². The summed E-state index contributed by atoms with van der Waals surface area (Å²) in [7, 11) is 1.62. The molecule has 1 unspecified atom stereocenters. The van der Waals surface area contributed by atoms with Crippen LogP contribution in [0.1, 0.15) is 26.7 Å². The molecule has 0 spiro atoms. The Bertz CT molecular complexity index is 258. The van der Waals surface area contributed by atoms with Crippen molar-refractivity contribution < 1.29 is 19.4 Å². The Morgan fingerprint density at radius 1 is 1.44 bits per heavy atom. The van der Waals surface area contributed by atoms with Crippen LogP contribution in [0.25, 0.3) is 0 Å². The number of amides is 1. The van der Waals surface area contributed by atoms with Crippen molar-refractivity contribution in [1.29, 1.82) is 0 Å². The summed E-state index contributed by atoms with van der Waals surface area (Å²) < 4.78 is 4.88. The van der Waals surface area contributed by atoms with Gasteiger partial charge in [-0.1, -0.05) is 6.92 Å². The van der Waals surface area contributed by atoms with Gasteiger partial charge in [0, 0.05) is 26.3 Å². The van der Waals surface area contributed by atoms with Gasteiger partial charge in [0.2, 0.25) is 5.91 Å². The Morgan fingerprint density at radius 3 is 2.61 bits per heavy atom. The second-order valence-corrected chi connectivity index (χ2v) is 4.21. The third kappa shape index (κ3) is 8.03. The van der Waals surface area contributed by atoms with Gasteiger partial charge < -0.3 is 15.2 Å². The maximum absolute atomic E-state index is 11.6. The number of carbonyl (C=O) groups excluding carboxylic acids is 1. The Hall–Kier alpha value is -1.14. The van der Waals surface area contributed by atoms with Crippen LogP contribution in [0, 0.1) is 0 Å². The van der Waals surface area contributed by atoms with Gasteiger partial charge in [0.15, 0.2) is 0 Å². The molecule has 0 fully saturated rings. The second kappa shape index (κ2) is 9.85. The molecule has 0 aromatic carbocycles. The molecule has 0 aliphatic carbocycles. The zero-order chi connectivity index (χ0) is 14.0. The van der Waals surface area contributed by atoms with E-state index >= 15 is 0 Å². The first kappa shape index (κ1) is 16.9. The van der Waals surface area contributed by atoms with Crippen LogP contribution in [0.4, 0.5) is 0 Å². The highest BCUT2D eigenvalue weighted by Gasteiger charge is 2.17. The van der Waals surface area contributed by atoms with Crippen molar-refractivity contribution in [2.24, 2.45) is 0 Å². The van der Waals surface area contributed by atoms with Crippen LogP contribution in [0.2, 0.25) is 0 Å². The molecular weight excluding hydrogens is 236 g/mol. The number of hydrogen-bond donors (Lipinski definition) is 2. The number of aliphatic carboxylic acids is 1. The van der Waals surface area contributed by atoms with Gasteiger partial charge in [0.1, 0.15) is 0 Å². The van der Waals surface area contributed by atoms with Gasteiger partial charge in [-0.25, -0.2) is 0 Å². The Labute approximate surface area is 108 Å². The van der Waals surface area contributed by atoms with Crippen molar-refractivity contribution in [1.82, 2.24) is 10.2 Å². The standard InChI is InChI=1S/C12H24N2O4/c1-4-14(10(2)8-12(16)17)9-11(15)13-6-5-7-18-3/h10H,4-9H2,1-3H3,(H,13,15)(H,16,17). The number of nitrogens with zero attached hydrogens (tertiary/aromatic N) is 1. The fraction of sp³-hybridized carbons (Fsp3) is 0.833. The zero-order valence-corrected chi connectivity index (χ0v) is 11.4. The number of rotatable bonds is 10. The molecule has 0 rings (SSSR count). The average Bonchev–Trinajstić information content (AvgIpc) is 2.30. The third-order valence-electron chi connectivity index (χ3n) is 2.69. The quantitative estimate of drug-likeness (QED) is 0.553. The van der Waals surface area contributed by atoms with Gasteiger partial charge in [-0.15, -0.1) is 0 Å². The lowest BCUT2D eigenvalue weighted by atomic mass is 10.2. The number of methoxy groups -OCH3 is 1. The van der Waals surface area contributed by atoms with E-state index < -0.39 is 5.97 Å². The van der Waals surface area contributed by atoms with Crippen molar-refractivity contribution in [2.75, 3.05) is 33.4 Å². The first-order chi connectivity index (χ1) is 8.51. The molecule has 0 aromatic rings. The van der Waals surface area contributed by atoms with Crippen LogP contribution in [0.3, 0.4) is 0 Å². The molecule has 1 atom stereocenters. The fourth-order valence-electron chi connectivity index (χ4n) is 1.65. The van der Waals surface area contributed by atoms with E-state index in [9.17, 15) is 9.59 Å². The minimum Gasteiger partial charge on any atom is -0.481 e. The summed E-state index contributed by atoms with van der Waals surface area (Å²) in [5, 5.41) is 11.5. The van der Waals surface area contributed by atoms with Gasteiger partial charge >= 0.3 is 5.97 Å². The van der Waals surface area contributed by atoms with E-state index in [1.807, 2.05) is 18.7 Å². The summed E-state index contributed by atoms with van der Waals surface area (Å²) in [4.78, 5) is 24.1. The maximum Gasteiger partial charge on any atom is 0.304 e. The summed E-state index contributed by atoms with van der Waals surface area (Å²) in [6.45, 7) is 5.81. The van der Waals surface area contributed by atoms with Crippen LogP contribution in [0.5, 0.6) is 0 Å². The summed E-state index contributed by atoms with van der Waals surface area (Å²) >= 11 is 0. The number of hydrogen-bond acceptors (Lipinski definition) is 4. The number of nitrogens with one attached hydrogen (secondary N) is 1. The zero-order valence-electron chi connectivity index (χ0n) is 11.4. The molecule has 6 heteroatoms. The molecule has 0 saturated heterocycles. The highest BCUT2D eigenvalue weighted by Crippen LogP contribution is 2.03. The molecule has 0 bridgehead atoms. The van der Waals surface area contributed by atoms with Crippen molar-refractivity contribution in [3.63, 3.8) is 0 Å². The predicted octanol–water partition coefficient (Wildman–Crippen LogP) is 0.324. The van der Waals surface area contributed by atoms with Gasteiger partial charge in [-0.3, -0.25) is 14.5 Å². The molecular formula is C12H24N2O4. The van der Waals surface area contributed by atoms with Crippen molar-refractivity contribution in [3.05, 3.63) is 0 Å². The molecule has 1 amide bonds. The number of carbonyl (C=O) groups is 2. The minimum atomic E-state index is -0.846. The van der Waals surface area contributed by atoms with E-state index in [4.69, 9.17) is 9.84 Å². The largest absolute Gasteiger partial charge is 0.481 e. The first-order valence-corrected chi connectivity index (χ1v) is 6.22. The van der Waals surface area contributed by atoms with E-state index in [1.165, 1.54) is 0 Å². The molecule has 6 nitrogen and oxygen atoms in total. The number of carboxylic acid groups (broad SMARTS) is 1. The molecule has 0 radical (unpaired) electrons. The lowest BCUT2D eigenvalue weighted by molar-refractivity contribution is -0.138. The topological polar surface area (TPSA) is 78.9 Å². The molecule has 2 N–H and O–H groups in total. The van der Waals surface area contributed by atoms with Crippen LogP contribution in [-0.2, 0) is 14.3 Å². The van der Waals surface area contributed by atoms with Crippen molar-refractivity contribution in [3.8, 4) is 0 Å². The molecule has 106 valence electrons. The van der Waals surface area contributed by atoms with Crippen LogP contribution < -0.4 is 5.32 Å². The van der Waals surface area contributed by atoms with E-state index in [-0.39, 0.29) is 24.9 Å². The summed E-state index contributed by atoms with van der Waals surface area (Å²) in [6.07, 6.45) is 0.823. The van der Waals surface area contributed by atoms with Crippen molar-refractivity contribution in [2.45, 2.75) is 32.7 Å². The molecule has 0 saturated carbocycles. The Morgan fingerprint density at radius 2 is 2.11 bits per heavy atom. The Kier molecular flexibility index (Phi) is 9.22. The van der Waals surface area contributed by atoms with Gasteiger partial charge in [0.25, 0.3) is 0 Å². The van der Waals surface area contributed by atoms with E-state index in [2.05, 4.69) is 5.32 Å². The lowest BCUT2D eigenvalue weighted by Gasteiger charge is -2.25. The smallest absolute Gasteiger partial charge is 0.304 e. The first-order valence-electron chi connectivity index (χ1n) is 6.22. The number of carboxylic acids is 1. The third-order valence-corrected chi connectivity index (χ3v) is 2.69. The average molecular weight is 260 g/mol. The van der Waals surface area contributed by atoms with E-state index in [1.54, 1.807) is 7.11 Å². The monoisotopic (exact) mass is 260 g/mol. The van der Waals surface area contributed by atoms with Crippen LogP contribution in [0.15, 0.2) is 0 Å². The highest BCUT2D eigenvalue weighted by atomic mass is 16.5. The molecule has 18 heavy (non-hydrogen) atoms. The molecule has 0 aliphatic heterocycles. The predicted molar refractivity (Wildman–Crippen MR) is 68.5 cm³/mol. The number of likely N-dealkylation sites (N-methyl/N-ethyl adjacent to an activating group) is 1. The molecule has 0 aliphatic rings. The highest BCUT2D eigenvalue weighted by molar-refractivity contribution is 5.78. The fourth-order valence-corrected chi connectivity index (χ4v) is 1.65. The maximum atomic E-state index is 11.6. The van der Waals surface area contributed by atoms with Gasteiger partial charge in [-0.05, 0) is 19.9 Å². The van der Waals surface area contributed by atoms with E-state index in [0.717, 1.165) is 6.42 Å². The summed E-state index contributed by atoms with van der Waals surface area (Å²) in [5.41, 5.74) is 0. The van der Waals surface area contributed by atoms with Gasteiger partial charge in [0.05, 0.1) is 13.0 Å². The number of ether oxygens (including phenoxy) is 1. The summed E-state index contributed by atoms with van der Waals surface area (Å²) in [6, 6.07) is -0.141. The van der Waals surface area contributed by atoms with E-state index in [0.29, 0.717) is 19.7 Å². The summed E-state index contributed by atoms with van der Waals surface area (Å²) in [5.74, 6) is -0.924. The normalized spacial score (nSPS) is 12.4. The van der Waals surface area contributed by atoms with Gasteiger partial charge in [-0.2, -0.15) is 0 Å². The second-order valence-electron chi connectivity index (χ2n) is 4.21. The molecule has 0 heterocycles.